The number of amides is 1. The summed E-state index contributed by atoms with van der Waals surface area (Å²) in [5.74, 6) is -1.81. The molecular formula is C15H17N7O3. The van der Waals surface area contributed by atoms with Gasteiger partial charge in [-0.15, -0.1) is 0 Å². The Balaban J connectivity index is 1.74. The average molecular weight is 343 g/mol. The third-order valence-corrected chi connectivity index (χ3v) is 3.61. The van der Waals surface area contributed by atoms with Crippen molar-refractivity contribution in [2.45, 2.75) is 13.5 Å². The summed E-state index contributed by atoms with van der Waals surface area (Å²) in [6.45, 7) is 2.43. The summed E-state index contributed by atoms with van der Waals surface area (Å²) in [7, 11) is 3.40. The second-order valence-corrected chi connectivity index (χ2v) is 5.66. The van der Waals surface area contributed by atoms with Crippen LogP contribution in [0.1, 0.15) is 32.1 Å². The summed E-state index contributed by atoms with van der Waals surface area (Å²) in [4.78, 5) is 23.5. The van der Waals surface area contributed by atoms with Gasteiger partial charge in [-0.05, 0) is 6.92 Å². The van der Waals surface area contributed by atoms with E-state index in [1.807, 2.05) is 20.2 Å². The van der Waals surface area contributed by atoms with E-state index in [2.05, 4.69) is 20.6 Å². The zero-order valence-electron chi connectivity index (χ0n) is 14.0. The SMILES string of the molecule is Cc1nn(C)cc1Cn1cc(NC(=O)c2cn(C)nc2C(=O)O)cn1. The minimum Gasteiger partial charge on any atom is -0.476 e. The van der Waals surface area contributed by atoms with E-state index in [9.17, 15) is 9.59 Å². The van der Waals surface area contributed by atoms with Gasteiger partial charge in [-0.3, -0.25) is 18.8 Å². The van der Waals surface area contributed by atoms with Gasteiger partial charge in [0.15, 0.2) is 5.69 Å². The first kappa shape index (κ1) is 16.4. The van der Waals surface area contributed by atoms with Crippen molar-refractivity contribution < 1.29 is 14.7 Å². The first-order valence-corrected chi connectivity index (χ1v) is 7.43. The monoisotopic (exact) mass is 343 g/mol. The lowest BCUT2D eigenvalue weighted by molar-refractivity contribution is 0.0685. The van der Waals surface area contributed by atoms with Crippen molar-refractivity contribution in [3.63, 3.8) is 0 Å². The molecule has 130 valence electrons. The molecule has 25 heavy (non-hydrogen) atoms. The van der Waals surface area contributed by atoms with E-state index in [1.54, 1.807) is 22.6 Å². The lowest BCUT2D eigenvalue weighted by Gasteiger charge is -2.01. The third kappa shape index (κ3) is 3.42. The van der Waals surface area contributed by atoms with E-state index in [0.717, 1.165) is 11.3 Å². The van der Waals surface area contributed by atoms with Crippen LogP contribution >= 0.6 is 0 Å². The van der Waals surface area contributed by atoms with Gasteiger partial charge in [-0.25, -0.2) is 4.79 Å². The molecule has 3 rings (SSSR count). The fourth-order valence-electron chi connectivity index (χ4n) is 2.50. The third-order valence-electron chi connectivity index (χ3n) is 3.61. The van der Waals surface area contributed by atoms with Crippen LogP contribution in [-0.4, -0.2) is 46.3 Å². The summed E-state index contributed by atoms with van der Waals surface area (Å²) >= 11 is 0. The highest BCUT2D eigenvalue weighted by Crippen LogP contribution is 2.13. The van der Waals surface area contributed by atoms with Crippen molar-refractivity contribution in [1.29, 1.82) is 0 Å². The van der Waals surface area contributed by atoms with Crippen molar-refractivity contribution in [3.8, 4) is 0 Å². The normalized spacial score (nSPS) is 10.8. The van der Waals surface area contributed by atoms with Gasteiger partial charge >= 0.3 is 5.97 Å². The molecule has 2 N–H and O–H groups in total. The molecule has 1 amide bonds. The van der Waals surface area contributed by atoms with Crippen molar-refractivity contribution in [2.24, 2.45) is 14.1 Å². The van der Waals surface area contributed by atoms with Crippen LogP contribution in [0.2, 0.25) is 0 Å². The first-order chi connectivity index (χ1) is 11.8. The smallest absolute Gasteiger partial charge is 0.357 e. The van der Waals surface area contributed by atoms with Gasteiger partial charge < -0.3 is 10.4 Å². The summed E-state index contributed by atoms with van der Waals surface area (Å²) in [6.07, 6.45) is 6.44. The van der Waals surface area contributed by atoms with Crippen LogP contribution in [0.4, 0.5) is 5.69 Å². The average Bonchev–Trinajstić information content (AvgIpc) is 3.20. The second kappa shape index (κ2) is 6.23. The van der Waals surface area contributed by atoms with Crippen LogP contribution in [0.5, 0.6) is 0 Å². The molecule has 0 aliphatic heterocycles. The summed E-state index contributed by atoms with van der Waals surface area (Å²) in [5.41, 5.74) is 2.09. The van der Waals surface area contributed by atoms with Crippen molar-refractivity contribution >= 4 is 17.6 Å². The molecule has 0 saturated carbocycles. The maximum Gasteiger partial charge on any atom is 0.357 e. The number of aryl methyl sites for hydroxylation is 3. The first-order valence-electron chi connectivity index (χ1n) is 7.43. The fraction of sp³-hybridized carbons (Fsp3) is 0.267. The van der Waals surface area contributed by atoms with Crippen LogP contribution in [0.15, 0.2) is 24.8 Å². The summed E-state index contributed by atoms with van der Waals surface area (Å²) < 4.78 is 4.68. The van der Waals surface area contributed by atoms with Gasteiger partial charge in [0.2, 0.25) is 0 Å². The Labute approximate surface area is 142 Å². The van der Waals surface area contributed by atoms with Gasteiger partial charge in [0.05, 0.1) is 29.7 Å². The zero-order chi connectivity index (χ0) is 18.1. The predicted octanol–water partition coefficient (Wildman–Crippen LogP) is 0.657. The van der Waals surface area contributed by atoms with Crippen LogP contribution in [0, 0.1) is 6.92 Å². The van der Waals surface area contributed by atoms with Gasteiger partial charge in [-0.2, -0.15) is 15.3 Å². The number of carboxylic acid groups (broad SMARTS) is 1. The zero-order valence-corrected chi connectivity index (χ0v) is 14.0. The van der Waals surface area contributed by atoms with Crippen LogP contribution in [-0.2, 0) is 20.6 Å². The van der Waals surface area contributed by atoms with Gasteiger partial charge in [0.25, 0.3) is 5.91 Å². The predicted molar refractivity (Wildman–Crippen MR) is 87.4 cm³/mol. The standard InChI is InChI=1S/C15H17N7O3/c1-9-10(5-20(2)18-9)6-22-7-11(4-16-22)17-14(23)12-8-21(3)19-13(12)15(24)25/h4-5,7-8H,6H2,1-3H3,(H,17,23)(H,24,25). The number of nitrogens with zero attached hydrogens (tertiary/aromatic N) is 6. The molecule has 3 aromatic heterocycles. The molecule has 10 heteroatoms. The molecule has 0 radical (unpaired) electrons. The topological polar surface area (TPSA) is 120 Å². The van der Waals surface area contributed by atoms with Crippen LogP contribution in [0.3, 0.4) is 0 Å². The van der Waals surface area contributed by atoms with Crippen LogP contribution in [0.25, 0.3) is 0 Å². The van der Waals surface area contributed by atoms with Crippen LogP contribution < -0.4 is 5.32 Å². The van der Waals surface area contributed by atoms with E-state index >= 15 is 0 Å². The summed E-state index contributed by atoms with van der Waals surface area (Å²) in [6, 6.07) is 0. The highest BCUT2D eigenvalue weighted by Gasteiger charge is 2.21. The number of carbonyl (C=O) groups is 2. The highest BCUT2D eigenvalue weighted by molar-refractivity contribution is 6.09. The molecule has 0 atom stereocenters. The number of nitrogens with one attached hydrogen (secondary N) is 1. The second-order valence-electron chi connectivity index (χ2n) is 5.66. The molecule has 0 bridgehead atoms. The Morgan fingerprint density at radius 2 is 1.88 bits per heavy atom. The Morgan fingerprint density at radius 3 is 2.52 bits per heavy atom. The molecular weight excluding hydrogens is 326 g/mol. The van der Waals surface area contributed by atoms with E-state index in [0.29, 0.717) is 12.2 Å². The van der Waals surface area contributed by atoms with E-state index < -0.39 is 11.9 Å². The number of carboxylic acids is 1. The van der Waals surface area contributed by atoms with Crippen molar-refractivity contribution in [3.05, 3.63) is 47.3 Å². The van der Waals surface area contributed by atoms with Crippen molar-refractivity contribution in [2.75, 3.05) is 5.32 Å². The Kier molecular flexibility index (Phi) is 4.09. The van der Waals surface area contributed by atoms with Gasteiger partial charge in [-0.1, -0.05) is 0 Å². The highest BCUT2D eigenvalue weighted by atomic mass is 16.4. The Hall–Kier alpha value is -3.43. The molecule has 3 heterocycles. The molecule has 0 unspecified atom stereocenters. The number of aromatic carboxylic acids is 1. The summed E-state index contributed by atoms with van der Waals surface area (Å²) in [5, 5.41) is 24.0. The van der Waals surface area contributed by atoms with Gasteiger partial charge in [0.1, 0.15) is 0 Å². The number of hydrogen-bond donors (Lipinski definition) is 2. The maximum atomic E-state index is 12.3. The molecule has 3 aromatic rings. The number of aromatic nitrogens is 6. The molecule has 10 nitrogen and oxygen atoms in total. The largest absolute Gasteiger partial charge is 0.476 e. The lowest BCUT2D eigenvalue weighted by Crippen LogP contribution is -2.15. The maximum absolute atomic E-state index is 12.3. The molecule has 0 aliphatic rings. The minimum atomic E-state index is -1.26. The number of anilines is 1. The van der Waals surface area contributed by atoms with E-state index in [-0.39, 0.29) is 11.3 Å². The number of rotatable bonds is 5. The Bertz CT molecular complexity index is 950. The number of hydrogen-bond acceptors (Lipinski definition) is 5. The van der Waals surface area contributed by atoms with E-state index in [1.165, 1.54) is 17.1 Å². The lowest BCUT2D eigenvalue weighted by atomic mass is 10.2. The molecule has 0 spiro atoms. The fourth-order valence-corrected chi connectivity index (χ4v) is 2.50. The molecule has 0 saturated heterocycles. The number of carbonyl (C=O) groups excluding carboxylic acids is 1. The molecule has 0 aromatic carbocycles. The Morgan fingerprint density at radius 1 is 1.16 bits per heavy atom. The van der Waals surface area contributed by atoms with Gasteiger partial charge in [0, 0.05) is 38.2 Å². The minimum absolute atomic E-state index is 0.00847. The quantitative estimate of drug-likeness (QED) is 0.702. The molecule has 0 aliphatic carbocycles. The van der Waals surface area contributed by atoms with E-state index in [4.69, 9.17) is 5.11 Å². The van der Waals surface area contributed by atoms with Crippen molar-refractivity contribution in [1.82, 2.24) is 29.3 Å². The molecule has 0 fully saturated rings.